The number of hydrogen-bond acceptors (Lipinski definition) is 3. The standard InChI is InChI=1S/C10H6ClNS2/c1-13-9-3-7(11)2-8-6(4-12)5-14-10(8)9/h2-3,5H,1H3. The molecule has 2 rings (SSSR count). The zero-order valence-corrected chi connectivity index (χ0v) is 9.76. The van der Waals surface area contributed by atoms with Gasteiger partial charge in [-0.1, -0.05) is 11.6 Å². The van der Waals surface area contributed by atoms with Crippen LogP contribution in [-0.2, 0) is 0 Å². The molecular formula is C10H6ClNS2. The number of nitriles is 1. The van der Waals surface area contributed by atoms with Crippen LogP contribution in [0.2, 0.25) is 5.02 Å². The third kappa shape index (κ3) is 1.50. The molecule has 0 radical (unpaired) electrons. The first-order valence-corrected chi connectivity index (χ1v) is 6.39. The Bertz CT molecular complexity index is 525. The van der Waals surface area contributed by atoms with Crippen LogP contribution < -0.4 is 0 Å². The molecule has 0 amide bonds. The average molecular weight is 240 g/mol. The quantitative estimate of drug-likeness (QED) is 0.698. The highest BCUT2D eigenvalue weighted by Gasteiger charge is 2.08. The fourth-order valence-electron chi connectivity index (χ4n) is 1.31. The van der Waals surface area contributed by atoms with Gasteiger partial charge in [0.15, 0.2) is 0 Å². The number of hydrogen-bond donors (Lipinski definition) is 0. The van der Waals surface area contributed by atoms with Gasteiger partial charge in [0.2, 0.25) is 0 Å². The minimum Gasteiger partial charge on any atom is -0.192 e. The minimum absolute atomic E-state index is 0.691. The van der Waals surface area contributed by atoms with Crippen LogP contribution in [0.5, 0.6) is 0 Å². The molecule has 0 aliphatic carbocycles. The lowest BCUT2D eigenvalue weighted by Gasteiger charge is -1.99. The first-order chi connectivity index (χ1) is 6.76. The first-order valence-electron chi connectivity index (χ1n) is 3.91. The number of rotatable bonds is 1. The van der Waals surface area contributed by atoms with Crippen LogP contribution >= 0.6 is 34.7 Å². The van der Waals surface area contributed by atoms with Crippen LogP contribution in [0, 0.1) is 11.3 Å². The predicted molar refractivity (Wildman–Crippen MR) is 63.3 cm³/mol. The topological polar surface area (TPSA) is 23.8 Å². The molecule has 0 saturated carbocycles. The molecule has 0 saturated heterocycles. The van der Waals surface area contributed by atoms with Crippen molar-refractivity contribution in [2.24, 2.45) is 0 Å². The molecule has 0 aliphatic rings. The van der Waals surface area contributed by atoms with Gasteiger partial charge in [0.25, 0.3) is 0 Å². The first kappa shape index (κ1) is 9.85. The average Bonchev–Trinajstić information content (AvgIpc) is 2.59. The number of halogens is 1. The van der Waals surface area contributed by atoms with Crippen LogP contribution in [0.15, 0.2) is 22.4 Å². The van der Waals surface area contributed by atoms with Crippen molar-refractivity contribution < 1.29 is 0 Å². The number of thiophene rings is 1. The monoisotopic (exact) mass is 239 g/mol. The molecule has 0 fully saturated rings. The summed E-state index contributed by atoms with van der Waals surface area (Å²) in [7, 11) is 0. The molecule has 4 heteroatoms. The minimum atomic E-state index is 0.691. The third-order valence-electron chi connectivity index (χ3n) is 1.94. The second-order valence-electron chi connectivity index (χ2n) is 2.75. The molecule has 1 heterocycles. The lowest BCUT2D eigenvalue weighted by atomic mass is 10.2. The zero-order valence-electron chi connectivity index (χ0n) is 7.37. The van der Waals surface area contributed by atoms with Gasteiger partial charge < -0.3 is 0 Å². The summed E-state index contributed by atoms with van der Waals surface area (Å²) >= 11 is 9.22. The van der Waals surface area contributed by atoms with Gasteiger partial charge in [-0.25, -0.2) is 0 Å². The van der Waals surface area contributed by atoms with Crippen LogP contribution in [0.25, 0.3) is 10.1 Å². The Morgan fingerprint density at radius 3 is 2.93 bits per heavy atom. The van der Waals surface area contributed by atoms with Crippen LogP contribution in [0.1, 0.15) is 5.56 Å². The maximum atomic E-state index is 8.89. The highest BCUT2D eigenvalue weighted by molar-refractivity contribution is 7.99. The number of nitrogens with zero attached hydrogens (tertiary/aromatic N) is 1. The van der Waals surface area contributed by atoms with Gasteiger partial charge >= 0.3 is 0 Å². The molecule has 1 aromatic heterocycles. The van der Waals surface area contributed by atoms with Crippen LogP contribution in [0.4, 0.5) is 0 Å². The van der Waals surface area contributed by atoms with Gasteiger partial charge in [-0.15, -0.1) is 23.1 Å². The van der Waals surface area contributed by atoms with E-state index in [2.05, 4.69) is 6.07 Å². The Labute approximate surface area is 95.3 Å². The van der Waals surface area contributed by atoms with E-state index in [1.54, 1.807) is 23.1 Å². The van der Waals surface area contributed by atoms with Crippen molar-refractivity contribution in [1.82, 2.24) is 0 Å². The molecule has 0 spiro atoms. The molecular weight excluding hydrogens is 234 g/mol. The highest BCUT2D eigenvalue weighted by Crippen LogP contribution is 2.36. The Kier molecular flexibility index (Phi) is 2.69. The van der Waals surface area contributed by atoms with Gasteiger partial charge in [0.1, 0.15) is 6.07 Å². The number of fused-ring (bicyclic) bond motifs is 1. The molecule has 70 valence electrons. The summed E-state index contributed by atoms with van der Waals surface area (Å²) in [6.07, 6.45) is 2.01. The van der Waals surface area contributed by atoms with Crippen molar-refractivity contribution in [1.29, 1.82) is 5.26 Å². The second-order valence-corrected chi connectivity index (χ2v) is 4.91. The van der Waals surface area contributed by atoms with Crippen LogP contribution in [-0.4, -0.2) is 6.26 Å². The Morgan fingerprint density at radius 2 is 2.29 bits per heavy atom. The summed E-state index contributed by atoms with van der Waals surface area (Å²) in [5.74, 6) is 0. The zero-order chi connectivity index (χ0) is 10.1. The molecule has 0 unspecified atom stereocenters. The predicted octanol–water partition coefficient (Wildman–Crippen LogP) is 4.15. The largest absolute Gasteiger partial charge is 0.192 e. The lowest BCUT2D eigenvalue weighted by molar-refractivity contribution is 1.51. The van der Waals surface area contributed by atoms with Gasteiger partial charge in [-0.3, -0.25) is 0 Å². The molecule has 1 aromatic carbocycles. The molecule has 2 aromatic rings. The summed E-state index contributed by atoms with van der Waals surface area (Å²) in [5, 5.41) is 12.4. The summed E-state index contributed by atoms with van der Waals surface area (Å²) in [4.78, 5) is 1.14. The van der Waals surface area contributed by atoms with Crippen molar-refractivity contribution in [3.05, 3.63) is 28.1 Å². The summed E-state index contributed by atoms with van der Waals surface area (Å²) < 4.78 is 1.15. The Morgan fingerprint density at radius 1 is 1.50 bits per heavy atom. The highest BCUT2D eigenvalue weighted by atomic mass is 35.5. The van der Waals surface area contributed by atoms with Crippen molar-refractivity contribution in [3.63, 3.8) is 0 Å². The fraction of sp³-hybridized carbons (Fsp3) is 0.100. The lowest BCUT2D eigenvalue weighted by Crippen LogP contribution is -1.74. The molecule has 0 N–H and O–H groups in total. The SMILES string of the molecule is CSc1cc(Cl)cc2c(C#N)csc12. The van der Waals surface area contributed by atoms with E-state index in [0.29, 0.717) is 10.6 Å². The second kappa shape index (κ2) is 3.82. The van der Waals surface area contributed by atoms with E-state index in [1.165, 1.54) is 0 Å². The van der Waals surface area contributed by atoms with E-state index in [9.17, 15) is 0 Å². The van der Waals surface area contributed by atoms with Gasteiger partial charge in [-0.05, 0) is 18.4 Å². The third-order valence-corrected chi connectivity index (χ3v) is 4.08. The van der Waals surface area contributed by atoms with Crippen molar-refractivity contribution in [2.75, 3.05) is 6.26 Å². The Hall–Kier alpha value is -0.690. The molecule has 0 bridgehead atoms. The van der Waals surface area contributed by atoms with Crippen LogP contribution in [0.3, 0.4) is 0 Å². The van der Waals surface area contributed by atoms with Crippen molar-refractivity contribution in [3.8, 4) is 6.07 Å². The van der Waals surface area contributed by atoms with E-state index in [0.717, 1.165) is 15.0 Å². The molecule has 14 heavy (non-hydrogen) atoms. The van der Waals surface area contributed by atoms with Gasteiger partial charge in [0, 0.05) is 25.4 Å². The normalized spacial score (nSPS) is 10.4. The maximum Gasteiger partial charge on any atom is 0.101 e. The number of thioether (sulfide) groups is 1. The van der Waals surface area contributed by atoms with E-state index in [-0.39, 0.29) is 0 Å². The molecule has 1 nitrogen and oxygen atoms in total. The molecule has 0 aliphatic heterocycles. The van der Waals surface area contributed by atoms with Crippen molar-refractivity contribution >= 4 is 44.8 Å². The molecule has 0 atom stereocenters. The van der Waals surface area contributed by atoms with E-state index in [4.69, 9.17) is 16.9 Å². The summed E-state index contributed by atoms with van der Waals surface area (Å²) in [6.45, 7) is 0. The smallest absolute Gasteiger partial charge is 0.101 e. The number of benzene rings is 1. The van der Waals surface area contributed by atoms with E-state index < -0.39 is 0 Å². The van der Waals surface area contributed by atoms with Gasteiger partial charge in [0.05, 0.1) is 5.56 Å². The summed E-state index contributed by atoms with van der Waals surface area (Å²) in [5.41, 5.74) is 0.711. The fourth-order valence-corrected chi connectivity index (χ4v) is 3.41. The summed E-state index contributed by atoms with van der Waals surface area (Å²) in [6, 6.07) is 5.96. The maximum absolute atomic E-state index is 8.89. The van der Waals surface area contributed by atoms with Crippen molar-refractivity contribution in [2.45, 2.75) is 4.90 Å². The Balaban J connectivity index is 2.85. The van der Waals surface area contributed by atoms with Gasteiger partial charge in [-0.2, -0.15) is 5.26 Å². The van der Waals surface area contributed by atoms with E-state index >= 15 is 0 Å². The van der Waals surface area contributed by atoms with E-state index in [1.807, 2.05) is 23.8 Å².